The average molecular weight is 376 g/mol. The van der Waals surface area contributed by atoms with Crippen molar-refractivity contribution in [2.24, 2.45) is 11.0 Å². The van der Waals surface area contributed by atoms with E-state index in [9.17, 15) is 14.4 Å². The maximum absolute atomic E-state index is 12.1. The number of hydrazone groups is 1. The van der Waals surface area contributed by atoms with Crippen LogP contribution in [-0.2, 0) is 14.4 Å². The number of fused-ring (bicyclic) bond motifs is 1. The second-order valence-electron chi connectivity index (χ2n) is 6.48. The van der Waals surface area contributed by atoms with Crippen LogP contribution in [0.2, 0.25) is 0 Å². The Balaban J connectivity index is 1.81. The van der Waals surface area contributed by atoms with Gasteiger partial charge in [-0.1, -0.05) is 13.8 Å². The van der Waals surface area contributed by atoms with Crippen LogP contribution < -0.4 is 25.5 Å². The second-order valence-corrected chi connectivity index (χ2v) is 6.48. The van der Waals surface area contributed by atoms with E-state index in [2.05, 4.69) is 21.2 Å². The van der Waals surface area contributed by atoms with Crippen molar-refractivity contribution in [2.75, 3.05) is 25.1 Å². The van der Waals surface area contributed by atoms with Crippen molar-refractivity contribution in [3.63, 3.8) is 0 Å². The standard InChI is InChI=1S/C18H24N4O5/c1-11(2)10-19-17(24)18(25)22-21-12(3)8-16(23)20-13-4-5-14-15(9-13)27-7-6-26-14/h4-5,9,11H,6-8,10H2,1-3H3,(H,19,24)(H,20,23)(H,22,25)/b21-12-. The molecule has 0 unspecified atom stereocenters. The molecule has 0 saturated heterocycles. The van der Waals surface area contributed by atoms with Crippen LogP contribution in [0.4, 0.5) is 5.69 Å². The first-order valence-electron chi connectivity index (χ1n) is 8.66. The fraction of sp³-hybridized carbons (Fsp3) is 0.444. The Morgan fingerprint density at radius 3 is 2.52 bits per heavy atom. The summed E-state index contributed by atoms with van der Waals surface area (Å²) in [6, 6.07) is 5.11. The Morgan fingerprint density at radius 2 is 1.81 bits per heavy atom. The number of carbonyl (C=O) groups excluding carboxylic acids is 3. The molecule has 0 aromatic heterocycles. The molecule has 0 fully saturated rings. The van der Waals surface area contributed by atoms with Crippen molar-refractivity contribution < 1.29 is 23.9 Å². The molecule has 146 valence electrons. The summed E-state index contributed by atoms with van der Waals surface area (Å²) in [7, 11) is 0. The Bertz CT molecular complexity index is 745. The van der Waals surface area contributed by atoms with Gasteiger partial charge in [-0.05, 0) is 25.0 Å². The van der Waals surface area contributed by atoms with Gasteiger partial charge in [-0.3, -0.25) is 14.4 Å². The van der Waals surface area contributed by atoms with Crippen molar-refractivity contribution in [1.29, 1.82) is 0 Å². The minimum atomic E-state index is -0.873. The highest BCUT2D eigenvalue weighted by Crippen LogP contribution is 2.32. The Labute approximate surface area is 157 Å². The van der Waals surface area contributed by atoms with Gasteiger partial charge in [0.05, 0.1) is 6.42 Å². The minimum Gasteiger partial charge on any atom is -0.486 e. The van der Waals surface area contributed by atoms with Gasteiger partial charge in [0, 0.05) is 24.0 Å². The van der Waals surface area contributed by atoms with E-state index >= 15 is 0 Å². The van der Waals surface area contributed by atoms with Gasteiger partial charge in [0.1, 0.15) is 13.2 Å². The van der Waals surface area contributed by atoms with E-state index in [1.165, 1.54) is 0 Å². The zero-order chi connectivity index (χ0) is 19.8. The zero-order valence-corrected chi connectivity index (χ0v) is 15.6. The third-order valence-corrected chi connectivity index (χ3v) is 3.47. The fourth-order valence-corrected chi connectivity index (χ4v) is 2.17. The van der Waals surface area contributed by atoms with Gasteiger partial charge in [-0.2, -0.15) is 5.10 Å². The predicted molar refractivity (Wildman–Crippen MR) is 99.8 cm³/mol. The lowest BCUT2D eigenvalue weighted by Crippen LogP contribution is -2.39. The molecule has 0 bridgehead atoms. The molecular formula is C18H24N4O5. The van der Waals surface area contributed by atoms with E-state index in [0.717, 1.165) is 0 Å². The Morgan fingerprint density at radius 1 is 1.11 bits per heavy atom. The van der Waals surface area contributed by atoms with Crippen LogP contribution in [0.5, 0.6) is 11.5 Å². The van der Waals surface area contributed by atoms with E-state index in [4.69, 9.17) is 9.47 Å². The van der Waals surface area contributed by atoms with Gasteiger partial charge in [-0.15, -0.1) is 0 Å². The summed E-state index contributed by atoms with van der Waals surface area (Å²) in [5.41, 5.74) is 3.06. The molecule has 0 aliphatic carbocycles. The summed E-state index contributed by atoms with van der Waals surface area (Å²) in [5, 5.41) is 8.98. The van der Waals surface area contributed by atoms with Crippen LogP contribution >= 0.6 is 0 Å². The zero-order valence-electron chi connectivity index (χ0n) is 15.6. The van der Waals surface area contributed by atoms with E-state index in [-0.39, 0.29) is 18.2 Å². The number of anilines is 1. The number of carbonyl (C=O) groups is 3. The number of ether oxygens (including phenoxy) is 2. The maximum atomic E-state index is 12.1. The van der Waals surface area contributed by atoms with Crippen molar-refractivity contribution in [1.82, 2.24) is 10.7 Å². The van der Waals surface area contributed by atoms with Crippen molar-refractivity contribution in [2.45, 2.75) is 27.2 Å². The first kappa shape index (κ1) is 20.2. The van der Waals surface area contributed by atoms with Gasteiger partial charge in [0.2, 0.25) is 5.91 Å². The quantitative estimate of drug-likeness (QED) is 0.390. The Kier molecular flexibility index (Phi) is 7.16. The minimum absolute atomic E-state index is 0.0394. The van der Waals surface area contributed by atoms with E-state index in [1.54, 1.807) is 25.1 Å². The number of amides is 3. The van der Waals surface area contributed by atoms with Crippen molar-refractivity contribution >= 4 is 29.1 Å². The molecule has 1 aromatic rings. The molecule has 1 aromatic carbocycles. The van der Waals surface area contributed by atoms with Crippen LogP contribution in [0, 0.1) is 5.92 Å². The highest BCUT2D eigenvalue weighted by Gasteiger charge is 2.14. The molecule has 0 atom stereocenters. The Hall–Kier alpha value is -3.10. The monoisotopic (exact) mass is 376 g/mol. The second kappa shape index (κ2) is 9.56. The van der Waals surface area contributed by atoms with E-state index in [1.807, 2.05) is 13.8 Å². The number of nitrogens with zero attached hydrogens (tertiary/aromatic N) is 1. The highest BCUT2D eigenvalue weighted by molar-refractivity contribution is 6.35. The molecule has 9 nitrogen and oxygen atoms in total. The lowest BCUT2D eigenvalue weighted by Gasteiger charge is -2.19. The van der Waals surface area contributed by atoms with E-state index < -0.39 is 11.8 Å². The summed E-state index contributed by atoms with van der Waals surface area (Å²) in [4.78, 5) is 35.3. The topological polar surface area (TPSA) is 118 Å². The summed E-state index contributed by atoms with van der Waals surface area (Å²) < 4.78 is 10.9. The normalized spacial score (nSPS) is 13.1. The van der Waals surface area contributed by atoms with Gasteiger partial charge in [0.25, 0.3) is 0 Å². The van der Waals surface area contributed by atoms with Crippen molar-refractivity contribution in [3.05, 3.63) is 18.2 Å². The average Bonchev–Trinajstić information content (AvgIpc) is 2.63. The summed E-state index contributed by atoms with van der Waals surface area (Å²) in [6.07, 6.45) is -0.0394. The van der Waals surface area contributed by atoms with Gasteiger partial charge in [-0.25, -0.2) is 5.43 Å². The maximum Gasteiger partial charge on any atom is 0.329 e. The molecule has 0 saturated carbocycles. The van der Waals surface area contributed by atoms with Crippen LogP contribution in [-0.4, -0.2) is 43.2 Å². The van der Waals surface area contributed by atoms with Crippen LogP contribution in [0.15, 0.2) is 23.3 Å². The first-order valence-corrected chi connectivity index (χ1v) is 8.66. The molecule has 9 heteroatoms. The molecule has 27 heavy (non-hydrogen) atoms. The lowest BCUT2D eigenvalue weighted by atomic mass is 10.2. The van der Waals surface area contributed by atoms with Crippen molar-refractivity contribution in [3.8, 4) is 11.5 Å². The molecule has 1 aliphatic rings. The van der Waals surface area contributed by atoms with Crippen LogP contribution in [0.25, 0.3) is 0 Å². The van der Waals surface area contributed by atoms with Crippen LogP contribution in [0.1, 0.15) is 27.2 Å². The summed E-state index contributed by atoms with van der Waals surface area (Å²) in [6.45, 7) is 6.76. The molecule has 1 aliphatic heterocycles. The van der Waals surface area contributed by atoms with E-state index in [0.29, 0.717) is 42.7 Å². The molecule has 0 radical (unpaired) electrons. The van der Waals surface area contributed by atoms with Gasteiger partial charge in [0.15, 0.2) is 11.5 Å². The number of benzene rings is 1. The third kappa shape index (κ3) is 6.61. The number of hydrogen-bond donors (Lipinski definition) is 3. The fourth-order valence-electron chi connectivity index (χ4n) is 2.17. The predicted octanol–water partition coefficient (Wildman–Crippen LogP) is 1.05. The molecule has 0 spiro atoms. The number of rotatable bonds is 6. The molecule has 2 rings (SSSR count). The smallest absolute Gasteiger partial charge is 0.329 e. The first-order chi connectivity index (χ1) is 12.8. The summed E-state index contributed by atoms with van der Waals surface area (Å²) >= 11 is 0. The third-order valence-electron chi connectivity index (χ3n) is 3.47. The molecule has 3 N–H and O–H groups in total. The van der Waals surface area contributed by atoms with Gasteiger partial charge < -0.3 is 20.1 Å². The largest absolute Gasteiger partial charge is 0.486 e. The van der Waals surface area contributed by atoms with Crippen LogP contribution in [0.3, 0.4) is 0 Å². The number of hydrogen-bond acceptors (Lipinski definition) is 6. The summed E-state index contributed by atoms with van der Waals surface area (Å²) in [5.74, 6) is -0.509. The molecular weight excluding hydrogens is 352 g/mol. The molecule has 1 heterocycles. The SMILES string of the molecule is C/C(CC(=O)Nc1ccc2c(c1)OCCO2)=N/NC(=O)C(=O)NCC(C)C. The lowest BCUT2D eigenvalue weighted by molar-refractivity contribution is -0.139. The van der Waals surface area contributed by atoms with Gasteiger partial charge >= 0.3 is 11.8 Å². The molecule has 3 amide bonds. The highest BCUT2D eigenvalue weighted by atomic mass is 16.6. The number of nitrogens with one attached hydrogen (secondary N) is 3.